The molecule has 2 N–H and O–H groups in total. The molecular formula is C12H21N4O2S2+. The van der Waals surface area contributed by atoms with Gasteiger partial charge in [-0.25, -0.2) is 0 Å². The smallest absolute Gasteiger partial charge is 0.314 e. The van der Waals surface area contributed by atoms with Crippen molar-refractivity contribution < 1.29 is 14.4 Å². The largest absolute Gasteiger partial charge is 0.466 e. The van der Waals surface area contributed by atoms with Gasteiger partial charge >= 0.3 is 5.97 Å². The zero-order chi connectivity index (χ0) is 14.5. The zero-order valence-electron chi connectivity index (χ0n) is 11.8. The van der Waals surface area contributed by atoms with Crippen LogP contribution in [-0.4, -0.2) is 42.5 Å². The van der Waals surface area contributed by atoms with E-state index in [1.807, 2.05) is 18.7 Å². The van der Waals surface area contributed by atoms with Gasteiger partial charge in [0.25, 0.3) is 0 Å². The monoisotopic (exact) mass is 317 g/mol. The van der Waals surface area contributed by atoms with Gasteiger partial charge in [0.1, 0.15) is 5.92 Å². The zero-order valence-corrected chi connectivity index (χ0v) is 13.5. The first-order chi connectivity index (χ1) is 9.63. The highest BCUT2D eigenvalue weighted by molar-refractivity contribution is 7.73. The number of nitrogens with one attached hydrogen (secondary N) is 2. The van der Waals surface area contributed by atoms with Crippen LogP contribution in [0.15, 0.2) is 0 Å². The molecular weight excluding hydrogens is 296 g/mol. The average Bonchev–Trinajstić information content (AvgIpc) is 2.80. The van der Waals surface area contributed by atoms with Gasteiger partial charge in [0.15, 0.2) is 10.6 Å². The minimum atomic E-state index is -0.0671. The molecule has 1 fully saturated rings. The number of hydrogen-bond acceptors (Lipinski definition) is 6. The van der Waals surface area contributed by atoms with Crippen LogP contribution in [0.3, 0.4) is 0 Å². The summed E-state index contributed by atoms with van der Waals surface area (Å²) in [6.45, 7) is 4.86. The van der Waals surface area contributed by atoms with E-state index in [9.17, 15) is 4.79 Å². The van der Waals surface area contributed by atoms with Crippen LogP contribution in [0, 0.1) is 9.87 Å². The summed E-state index contributed by atoms with van der Waals surface area (Å²) in [5, 5.41) is 8.24. The topological polar surface area (TPSA) is 60.6 Å². The Morgan fingerprint density at radius 1 is 1.70 bits per heavy atom. The van der Waals surface area contributed by atoms with Gasteiger partial charge in [-0.1, -0.05) is 11.3 Å². The average molecular weight is 317 g/mol. The Morgan fingerprint density at radius 3 is 3.15 bits per heavy atom. The molecule has 0 aromatic carbocycles. The molecule has 0 radical (unpaired) electrons. The van der Waals surface area contributed by atoms with Crippen molar-refractivity contribution in [3.63, 3.8) is 0 Å². The lowest BCUT2D eigenvalue weighted by molar-refractivity contribution is -0.930. The van der Waals surface area contributed by atoms with E-state index in [2.05, 4.69) is 10.4 Å². The van der Waals surface area contributed by atoms with Crippen molar-refractivity contribution in [2.45, 2.75) is 26.4 Å². The van der Waals surface area contributed by atoms with Gasteiger partial charge < -0.3 is 15.0 Å². The second kappa shape index (κ2) is 7.14. The Morgan fingerprint density at radius 2 is 2.50 bits per heavy atom. The van der Waals surface area contributed by atoms with Crippen molar-refractivity contribution in [1.82, 2.24) is 9.78 Å². The summed E-state index contributed by atoms with van der Waals surface area (Å²) in [7, 11) is 1.84. The minimum Gasteiger partial charge on any atom is -0.466 e. The van der Waals surface area contributed by atoms with Gasteiger partial charge in [0, 0.05) is 7.05 Å². The molecule has 0 aliphatic carbocycles. The Labute approximate surface area is 127 Å². The number of anilines is 1. The lowest BCUT2D eigenvalue weighted by Crippen LogP contribution is -3.13. The number of aromatic nitrogens is 2. The standard InChI is InChI=1S/C12H20N4O2S2/c1-3-18-10(17)9-5-4-6-15(7-9)8-16-12(19)20-11(13-2)14-16/h9H,3-8H2,1-2H3,(H,13,14)/p+1/t9-/m1/s1. The molecule has 1 unspecified atom stereocenters. The quantitative estimate of drug-likeness (QED) is 0.613. The fourth-order valence-corrected chi connectivity index (χ4v) is 3.43. The maximum absolute atomic E-state index is 11.8. The summed E-state index contributed by atoms with van der Waals surface area (Å²) < 4.78 is 7.73. The van der Waals surface area contributed by atoms with E-state index in [4.69, 9.17) is 17.0 Å². The number of carbonyl (C=O) groups is 1. The van der Waals surface area contributed by atoms with Crippen molar-refractivity contribution in [2.75, 3.05) is 32.1 Å². The molecule has 1 aliphatic heterocycles. The van der Waals surface area contributed by atoms with Crippen LogP contribution in [0.1, 0.15) is 19.8 Å². The highest BCUT2D eigenvalue weighted by atomic mass is 32.1. The fourth-order valence-electron chi connectivity index (χ4n) is 2.47. The predicted octanol–water partition coefficient (Wildman–Crippen LogP) is 0.531. The van der Waals surface area contributed by atoms with Crippen molar-refractivity contribution in [2.24, 2.45) is 5.92 Å². The predicted molar refractivity (Wildman–Crippen MR) is 80.5 cm³/mol. The van der Waals surface area contributed by atoms with Crippen molar-refractivity contribution in [3.8, 4) is 0 Å². The lowest BCUT2D eigenvalue weighted by atomic mass is 9.99. The van der Waals surface area contributed by atoms with Crippen LogP contribution < -0.4 is 10.2 Å². The highest BCUT2D eigenvalue weighted by Gasteiger charge is 2.30. The molecule has 0 saturated carbocycles. The highest BCUT2D eigenvalue weighted by Crippen LogP contribution is 2.13. The molecule has 0 spiro atoms. The lowest BCUT2D eigenvalue weighted by Gasteiger charge is -2.28. The Balaban J connectivity index is 1.97. The minimum absolute atomic E-state index is 0.00952. The number of ether oxygens (including phenoxy) is 1. The normalized spacial score (nSPS) is 22.5. The molecule has 2 rings (SSSR count). The first-order valence-corrected chi connectivity index (χ1v) is 8.12. The Kier molecular flexibility index (Phi) is 5.50. The van der Waals surface area contributed by atoms with E-state index < -0.39 is 0 Å². The van der Waals surface area contributed by atoms with Crippen LogP contribution in [0.25, 0.3) is 0 Å². The van der Waals surface area contributed by atoms with E-state index >= 15 is 0 Å². The molecule has 1 aliphatic rings. The molecule has 8 heteroatoms. The molecule has 1 aromatic rings. The fraction of sp³-hybridized carbons (Fsp3) is 0.750. The summed E-state index contributed by atoms with van der Waals surface area (Å²) in [4.78, 5) is 13.2. The van der Waals surface area contributed by atoms with Gasteiger partial charge in [-0.05, 0) is 32.0 Å². The first kappa shape index (κ1) is 15.4. The number of rotatable bonds is 5. The van der Waals surface area contributed by atoms with Crippen molar-refractivity contribution >= 4 is 34.7 Å². The number of nitrogens with zero attached hydrogens (tertiary/aromatic N) is 2. The van der Waals surface area contributed by atoms with E-state index in [0.29, 0.717) is 13.3 Å². The summed E-state index contributed by atoms with van der Waals surface area (Å²) in [5.74, 6) is -0.0576. The molecule has 1 saturated heterocycles. The van der Waals surface area contributed by atoms with Crippen molar-refractivity contribution in [3.05, 3.63) is 3.95 Å². The second-order valence-electron chi connectivity index (χ2n) is 4.88. The van der Waals surface area contributed by atoms with E-state index in [1.54, 1.807) is 0 Å². The molecule has 20 heavy (non-hydrogen) atoms. The molecule has 1 aromatic heterocycles. The molecule has 0 bridgehead atoms. The molecule has 0 amide bonds. The third-order valence-corrected chi connectivity index (χ3v) is 4.76. The van der Waals surface area contributed by atoms with Crippen LogP contribution in [0.4, 0.5) is 5.13 Å². The molecule has 2 atom stereocenters. The summed E-state index contributed by atoms with van der Waals surface area (Å²) in [5.41, 5.74) is 0. The number of piperidine rings is 1. The molecule has 6 nitrogen and oxygen atoms in total. The summed E-state index contributed by atoms with van der Waals surface area (Å²) in [6.07, 6.45) is 1.96. The summed E-state index contributed by atoms with van der Waals surface area (Å²) >= 11 is 6.77. The van der Waals surface area contributed by atoms with E-state index in [0.717, 1.165) is 35.0 Å². The summed E-state index contributed by atoms with van der Waals surface area (Å²) in [6, 6.07) is 0. The van der Waals surface area contributed by atoms with Gasteiger partial charge in [0.2, 0.25) is 5.13 Å². The first-order valence-electron chi connectivity index (χ1n) is 6.90. The van der Waals surface area contributed by atoms with Gasteiger partial charge in [-0.15, -0.1) is 5.10 Å². The maximum atomic E-state index is 11.8. The maximum Gasteiger partial charge on any atom is 0.314 e. The van der Waals surface area contributed by atoms with E-state index in [1.165, 1.54) is 16.2 Å². The Hall–Kier alpha value is -0.990. The van der Waals surface area contributed by atoms with Crippen molar-refractivity contribution in [1.29, 1.82) is 0 Å². The number of hydrogen-bond donors (Lipinski definition) is 2. The van der Waals surface area contributed by atoms with Crippen LogP contribution in [-0.2, 0) is 16.2 Å². The second-order valence-corrected chi connectivity index (χ2v) is 6.50. The number of likely N-dealkylation sites (tertiary alicyclic amines) is 1. The third-order valence-electron chi connectivity index (χ3n) is 3.43. The number of carbonyl (C=O) groups excluding carboxylic acids is 1. The Bertz CT molecular complexity index is 514. The number of quaternary nitrogens is 1. The van der Waals surface area contributed by atoms with Crippen LogP contribution in [0.2, 0.25) is 0 Å². The third kappa shape index (κ3) is 3.77. The molecule has 112 valence electrons. The van der Waals surface area contributed by atoms with Crippen LogP contribution in [0.5, 0.6) is 0 Å². The van der Waals surface area contributed by atoms with E-state index in [-0.39, 0.29) is 11.9 Å². The van der Waals surface area contributed by atoms with Gasteiger partial charge in [-0.3, -0.25) is 4.79 Å². The van der Waals surface area contributed by atoms with Gasteiger partial charge in [0.05, 0.1) is 19.7 Å². The SMILES string of the molecule is CCOC(=O)[C@@H]1CCC[NH+](Cn2nc(NC)sc2=S)C1. The number of esters is 1. The van der Waals surface area contributed by atoms with Crippen LogP contribution >= 0.6 is 23.6 Å². The molecule has 2 heterocycles. The van der Waals surface area contributed by atoms with Gasteiger partial charge in [-0.2, -0.15) is 4.68 Å².